The van der Waals surface area contributed by atoms with Gasteiger partial charge in [0, 0.05) is 0 Å². The Kier molecular flexibility index (Phi) is 2.23. The maximum absolute atomic E-state index is 4.83. The Hall–Kier alpha value is 0.0900. The zero-order chi connectivity index (χ0) is 6.85. The molecule has 0 aromatic heterocycles. The monoisotopic (exact) mass is 179 g/mol. The van der Waals surface area contributed by atoms with Gasteiger partial charge < -0.3 is 5.32 Å². The molecule has 1 rings (SSSR count). The van der Waals surface area contributed by atoms with Gasteiger partial charge in [0.1, 0.15) is 0 Å². The third kappa shape index (κ3) is 2.05. The Morgan fingerprint density at radius 2 is 2.22 bits per heavy atom. The molecule has 1 aliphatic rings. The van der Waals surface area contributed by atoms with Gasteiger partial charge in [0.2, 0.25) is 0 Å². The van der Waals surface area contributed by atoms with Gasteiger partial charge >= 0.3 is 0 Å². The zero-order valence-corrected chi connectivity index (χ0v) is 6.95. The highest BCUT2D eigenvalue weighted by Crippen LogP contribution is 1.92. The van der Waals surface area contributed by atoms with Crippen LogP contribution in [-0.2, 0) is 0 Å². The minimum Gasteiger partial charge on any atom is -0.325 e. The molecule has 0 unspecified atom stereocenters. The van der Waals surface area contributed by atoms with Gasteiger partial charge in [-0.3, -0.25) is 5.43 Å². The Bertz CT molecular complexity index is 140. The van der Waals surface area contributed by atoms with Crippen LogP contribution in [0.4, 0.5) is 0 Å². The van der Waals surface area contributed by atoms with Gasteiger partial charge in [-0.05, 0) is 12.2 Å². The first-order valence-electron chi connectivity index (χ1n) is 2.25. The lowest BCUT2D eigenvalue weighted by Gasteiger charge is -2.24. The van der Waals surface area contributed by atoms with Crippen molar-refractivity contribution >= 4 is 47.4 Å². The molecule has 0 radical (unpaired) electrons. The van der Waals surface area contributed by atoms with E-state index < -0.39 is 0 Å². The highest BCUT2D eigenvalue weighted by atomic mass is 32.1. The van der Waals surface area contributed by atoms with Gasteiger partial charge in [-0.15, -0.1) is 0 Å². The first kappa shape index (κ1) is 7.20. The average Bonchev–Trinajstić information content (AvgIpc) is 1.59. The lowest BCUT2D eigenvalue weighted by Crippen LogP contribution is -2.54. The number of rotatable bonds is 0. The SMILES string of the molecule is S=C1CN(S)NC(=S)N1. The summed E-state index contributed by atoms with van der Waals surface area (Å²) in [4.78, 5) is 0.689. The van der Waals surface area contributed by atoms with E-state index in [1.54, 1.807) is 0 Å². The van der Waals surface area contributed by atoms with E-state index in [1.807, 2.05) is 0 Å². The number of hydrogen-bond donors (Lipinski definition) is 3. The smallest absolute Gasteiger partial charge is 0.186 e. The van der Waals surface area contributed by atoms with Crippen molar-refractivity contribution in [3.63, 3.8) is 0 Å². The molecular formula is C3H5N3S3. The predicted molar refractivity (Wildman–Crippen MR) is 47.2 cm³/mol. The molecule has 0 aromatic rings. The zero-order valence-electron chi connectivity index (χ0n) is 4.42. The molecule has 2 N–H and O–H groups in total. The van der Waals surface area contributed by atoms with E-state index in [0.29, 0.717) is 16.6 Å². The summed E-state index contributed by atoms with van der Waals surface area (Å²) in [5.74, 6) is 0. The van der Waals surface area contributed by atoms with Crippen LogP contribution >= 0.6 is 37.3 Å². The molecule has 0 saturated carbocycles. The summed E-state index contributed by atoms with van der Waals surface area (Å²) in [5.41, 5.74) is 2.74. The third-order valence-corrected chi connectivity index (χ3v) is 1.44. The van der Waals surface area contributed by atoms with Crippen molar-refractivity contribution in [3.05, 3.63) is 0 Å². The summed E-state index contributed by atoms with van der Waals surface area (Å²) in [7, 11) is 0. The molecule has 9 heavy (non-hydrogen) atoms. The van der Waals surface area contributed by atoms with E-state index in [9.17, 15) is 0 Å². The van der Waals surface area contributed by atoms with Crippen LogP contribution < -0.4 is 10.7 Å². The topological polar surface area (TPSA) is 27.3 Å². The van der Waals surface area contributed by atoms with Crippen LogP contribution in [0.2, 0.25) is 0 Å². The van der Waals surface area contributed by atoms with Crippen LogP contribution in [0, 0.1) is 0 Å². The van der Waals surface area contributed by atoms with Gasteiger partial charge in [0.15, 0.2) is 5.11 Å². The fourth-order valence-corrected chi connectivity index (χ4v) is 1.42. The fraction of sp³-hybridized carbons (Fsp3) is 0.333. The molecule has 0 aromatic carbocycles. The molecule has 1 saturated heterocycles. The number of hydrazine groups is 1. The Labute approximate surface area is 69.3 Å². The molecule has 0 spiro atoms. The number of nitrogens with zero attached hydrogens (tertiary/aromatic N) is 1. The van der Waals surface area contributed by atoms with E-state index in [-0.39, 0.29) is 0 Å². The van der Waals surface area contributed by atoms with Crippen molar-refractivity contribution < 1.29 is 0 Å². The normalized spacial score (nSPS) is 21.0. The fourth-order valence-electron chi connectivity index (χ4n) is 0.487. The molecule has 6 heteroatoms. The molecule has 0 amide bonds. The summed E-state index contributed by atoms with van der Waals surface area (Å²) in [5, 5.41) is 3.27. The molecule has 1 aliphatic heterocycles. The second-order valence-corrected chi connectivity index (χ2v) is 2.93. The van der Waals surface area contributed by atoms with Crippen LogP contribution in [-0.4, -0.2) is 21.1 Å². The standard InChI is InChI=1S/C3H5N3S3/c7-2-1-6(9)5-3(8)4-2/h9H,1H2,(H2,4,5,7,8). The molecule has 0 bridgehead atoms. The van der Waals surface area contributed by atoms with Crippen molar-refractivity contribution in [3.8, 4) is 0 Å². The molecule has 1 heterocycles. The molecular weight excluding hydrogens is 174 g/mol. The minimum atomic E-state index is 0.501. The summed E-state index contributed by atoms with van der Waals surface area (Å²) in [6.45, 7) is 0.582. The molecule has 1 fully saturated rings. The summed E-state index contributed by atoms with van der Waals surface area (Å²) in [6.07, 6.45) is 0. The Morgan fingerprint density at radius 1 is 1.56 bits per heavy atom. The number of nitrogens with one attached hydrogen (secondary N) is 2. The molecule has 0 aliphatic carbocycles. The number of thiocarbonyl (C=S) groups is 2. The van der Waals surface area contributed by atoms with E-state index in [0.717, 1.165) is 0 Å². The lowest BCUT2D eigenvalue weighted by molar-refractivity contribution is 0.476. The Balaban J connectivity index is 2.53. The quantitative estimate of drug-likeness (QED) is 0.355. The predicted octanol–water partition coefficient (Wildman–Crippen LogP) is -0.147. The van der Waals surface area contributed by atoms with Crippen LogP contribution in [0.25, 0.3) is 0 Å². The number of hydrogen-bond acceptors (Lipinski definition) is 4. The molecule has 3 nitrogen and oxygen atoms in total. The van der Waals surface area contributed by atoms with E-state index in [2.05, 4.69) is 23.6 Å². The van der Waals surface area contributed by atoms with Crippen molar-refractivity contribution in [2.45, 2.75) is 0 Å². The van der Waals surface area contributed by atoms with Crippen molar-refractivity contribution in [1.82, 2.24) is 15.2 Å². The van der Waals surface area contributed by atoms with E-state index >= 15 is 0 Å². The van der Waals surface area contributed by atoms with Gasteiger partial charge in [-0.1, -0.05) is 25.0 Å². The summed E-state index contributed by atoms with van der Waals surface area (Å²) in [6, 6.07) is 0. The maximum atomic E-state index is 4.83. The van der Waals surface area contributed by atoms with Gasteiger partial charge in [0.25, 0.3) is 0 Å². The minimum absolute atomic E-state index is 0.501. The number of thiol groups is 1. The highest BCUT2D eigenvalue weighted by Gasteiger charge is 2.11. The van der Waals surface area contributed by atoms with Gasteiger partial charge in [0.05, 0.1) is 11.5 Å². The van der Waals surface area contributed by atoms with Crippen molar-refractivity contribution in [2.75, 3.05) is 6.54 Å². The van der Waals surface area contributed by atoms with E-state index in [1.165, 1.54) is 4.41 Å². The maximum Gasteiger partial charge on any atom is 0.186 e. The second-order valence-electron chi connectivity index (χ2n) is 1.55. The van der Waals surface area contributed by atoms with Crippen LogP contribution in [0.15, 0.2) is 0 Å². The van der Waals surface area contributed by atoms with Crippen LogP contribution in [0.3, 0.4) is 0 Å². The van der Waals surface area contributed by atoms with Gasteiger partial charge in [-0.25, -0.2) is 0 Å². The van der Waals surface area contributed by atoms with E-state index in [4.69, 9.17) is 24.4 Å². The highest BCUT2D eigenvalue weighted by molar-refractivity contribution is 7.82. The third-order valence-electron chi connectivity index (χ3n) is 0.777. The second kappa shape index (κ2) is 2.78. The van der Waals surface area contributed by atoms with Crippen molar-refractivity contribution in [1.29, 1.82) is 0 Å². The van der Waals surface area contributed by atoms with Crippen molar-refractivity contribution in [2.24, 2.45) is 0 Å². The first-order valence-corrected chi connectivity index (χ1v) is 3.47. The summed E-state index contributed by atoms with van der Waals surface area (Å²) >= 11 is 13.6. The first-order chi connectivity index (χ1) is 4.18. The lowest BCUT2D eigenvalue weighted by atomic mass is 10.6. The summed E-state index contributed by atoms with van der Waals surface area (Å²) < 4.78 is 1.53. The van der Waals surface area contributed by atoms with Gasteiger partial charge in [-0.2, -0.15) is 4.41 Å². The largest absolute Gasteiger partial charge is 0.325 e. The van der Waals surface area contributed by atoms with Crippen LogP contribution in [0.5, 0.6) is 0 Å². The molecule has 50 valence electrons. The molecule has 0 atom stereocenters. The van der Waals surface area contributed by atoms with Crippen LogP contribution in [0.1, 0.15) is 0 Å². The Morgan fingerprint density at radius 3 is 2.67 bits per heavy atom. The average molecular weight is 179 g/mol.